The van der Waals surface area contributed by atoms with Crippen molar-refractivity contribution in [3.63, 3.8) is 0 Å². The summed E-state index contributed by atoms with van der Waals surface area (Å²) in [6.07, 6.45) is 4.96. The molecule has 108 valence electrons. The highest BCUT2D eigenvalue weighted by Crippen LogP contribution is 2.19. The fraction of sp³-hybridized carbons (Fsp3) is 0.833. The molecule has 0 bridgehead atoms. The van der Waals surface area contributed by atoms with Crippen LogP contribution in [0, 0.1) is 5.92 Å². The molecule has 1 saturated heterocycles. The van der Waals surface area contributed by atoms with Crippen LogP contribution in [0.5, 0.6) is 0 Å². The lowest BCUT2D eigenvalue weighted by molar-refractivity contribution is 0.171. The van der Waals surface area contributed by atoms with Gasteiger partial charge in [0.05, 0.1) is 12.3 Å². The Kier molecular flexibility index (Phi) is 4.57. The fourth-order valence-corrected chi connectivity index (χ4v) is 3.86. The summed E-state index contributed by atoms with van der Waals surface area (Å²) in [6, 6.07) is 0. The van der Waals surface area contributed by atoms with E-state index in [2.05, 4.69) is 15.0 Å². The van der Waals surface area contributed by atoms with Crippen LogP contribution >= 0.6 is 0 Å². The molecule has 2 heterocycles. The van der Waals surface area contributed by atoms with Gasteiger partial charge in [-0.05, 0) is 32.2 Å². The molecule has 1 aromatic rings. The normalized spacial score (nSPS) is 21.7. The highest BCUT2D eigenvalue weighted by molar-refractivity contribution is 7.90. The number of hydrogen-bond donors (Lipinski definition) is 0. The van der Waals surface area contributed by atoms with Crippen LogP contribution in [0.15, 0.2) is 6.33 Å². The topological polar surface area (TPSA) is 68.1 Å². The molecule has 1 aliphatic heterocycles. The Morgan fingerprint density at radius 2 is 2.26 bits per heavy atom. The van der Waals surface area contributed by atoms with Crippen LogP contribution in [0.3, 0.4) is 0 Å². The summed E-state index contributed by atoms with van der Waals surface area (Å²) in [5.41, 5.74) is 0. The van der Waals surface area contributed by atoms with Gasteiger partial charge in [0.15, 0.2) is 0 Å². The third kappa shape index (κ3) is 4.28. The quantitative estimate of drug-likeness (QED) is 0.791. The summed E-state index contributed by atoms with van der Waals surface area (Å²) < 4.78 is 24.6. The zero-order chi connectivity index (χ0) is 13.9. The van der Waals surface area contributed by atoms with Crippen molar-refractivity contribution in [1.29, 1.82) is 0 Å². The zero-order valence-electron chi connectivity index (χ0n) is 11.6. The van der Waals surface area contributed by atoms with E-state index in [1.807, 2.05) is 11.6 Å². The van der Waals surface area contributed by atoms with E-state index in [-0.39, 0.29) is 5.92 Å². The van der Waals surface area contributed by atoms with E-state index in [4.69, 9.17) is 0 Å². The van der Waals surface area contributed by atoms with Crippen molar-refractivity contribution in [2.45, 2.75) is 32.9 Å². The number of aromatic nitrogens is 3. The molecule has 1 atom stereocenters. The van der Waals surface area contributed by atoms with Crippen LogP contribution < -0.4 is 0 Å². The van der Waals surface area contributed by atoms with Crippen molar-refractivity contribution in [3.8, 4) is 0 Å². The maximum absolute atomic E-state index is 11.4. The molecule has 0 saturated carbocycles. The molecular formula is C12H22N4O2S. The van der Waals surface area contributed by atoms with Crippen LogP contribution in [0.4, 0.5) is 0 Å². The summed E-state index contributed by atoms with van der Waals surface area (Å²) in [5, 5.41) is 4.16. The minimum Gasteiger partial charge on any atom is -0.296 e. The van der Waals surface area contributed by atoms with Crippen molar-refractivity contribution in [2.24, 2.45) is 5.92 Å². The number of aryl methyl sites for hydroxylation is 1. The molecule has 0 N–H and O–H groups in total. The number of hydrogen-bond acceptors (Lipinski definition) is 5. The van der Waals surface area contributed by atoms with Gasteiger partial charge in [-0.15, -0.1) is 0 Å². The number of rotatable bonds is 5. The second-order valence-corrected chi connectivity index (χ2v) is 7.51. The largest absolute Gasteiger partial charge is 0.296 e. The number of likely N-dealkylation sites (tertiary alicyclic amines) is 1. The molecule has 2 rings (SSSR count). The van der Waals surface area contributed by atoms with Crippen molar-refractivity contribution in [1.82, 2.24) is 19.7 Å². The van der Waals surface area contributed by atoms with E-state index in [9.17, 15) is 8.42 Å². The summed E-state index contributed by atoms with van der Waals surface area (Å²) >= 11 is 0. The van der Waals surface area contributed by atoms with Gasteiger partial charge in [-0.3, -0.25) is 4.90 Å². The first kappa shape index (κ1) is 14.5. The van der Waals surface area contributed by atoms with Gasteiger partial charge in [-0.2, -0.15) is 5.10 Å². The minimum atomic E-state index is -2.88. The molecule has 0 spiro atoms. The van der Waals surface area contributed by atoms with Crippen molar-refractivity contribution < 1.29 is 8.42 Å². The molecule has 0 unspecified atom stereocenters. The first-order valence-electron chi connectivity index (χ1n) is 6.74. The molecule has 1 fully saturated rings. The van der Waals surface area contributed by atoms with Crippen molar-refractivity contribution in [2.75, 3.05) is 25.1 Å². The molecule has 0 amide bonds. The predicted molar refractivity (Wildman–Crippen MR) is 73.4 cm³/mol. The van der Waals surface area contributed by atoms with Crippen LogP contribution in [-0.2, 0) is 22.9 Å². The van der Waals surface area contributed by atoms with Gasteiger partial charge in [-0.1, -0.05) is 0 Å². The van der Waals surface area contributed by atoms with Crippen LogP contribution in [0.2, 0.25) is 0 Å². The Balaban J connectivity index is 1.94. The third-order valence-corrected chi connectivity index (χ3v) is 4.58. The van der Waals surface area contributed by atoms with E-state index in [0.29, 0.717) is 5.75 Å². The smallest absolute Gasteiger partial charge is 0.147 e. The Morgan fingerprint density at radius 3 is 2.95 bits per heavy atom. The Hall–Kier alpha value is -0.950. The standard InChI is InChI=1S/C12H22N4O2S/c1-3-16-12(13-10-14-16)8-15-6-4-5-11(7-15)9-19(2,17)18/h10-11H,3-9H2,1-2H3/t11-/m0/s1. The third-order valence-electron chi connectivity index (χ3n) is 3.50. The molecule has 1 aliphatic rings. The Morgan fingerprint density at radius 1 is 1.47 bits per heavy atom. The summed E-state index contributed by atoms with van der Waals surface area (Å²) in [4.78, 5) is 6.56. The number of nitrogens with zero attached hydrogens (tertiary/aromatic N) is 4. The van der Waals surface area contributed by atoms with Gasteiger partial charge in [0.1, 0.15) is 22.0 Å². The lowest BCUT2D eigenvalue weighted by Gasteiger charge is -2.31. The number of piperidine rings is 1. The lowest BCUT2D eigenvalue weighted by atomic mass is 10.0. The molecule has 0 radical (unpaired) electrons. The Labute approximate surface area is 114 Å². The summed E-state index contributed by atoms with van der Waals surface area (Å²) in [7, 11) is -2.88. The summed E-state index contributed by atoms with van der Waals surface area (Å²) in [5.74, 6) is 1.51. The molecular weight excluding hydrogens is 264 g/mol. The lowest BCUT2D eigenvalue weighted by Crippen LogP contribution is -2.38. The summed E-state index contributed by atoms with van der Waals surface area (Å²) in [6.45, 7) is 5.46. The molecule has 19 heavy (non-hydrogen) atoms. The average molecular weight is 286 g/mol. The zero-order valence-corrected chi connectivity index (χ0v) is 12.4. The average Bonchev–Trinajstić information content (AvgIpc) is 2.74. The molecule has 0 aromatic carbocycles. The monoisotopic (exact) mass is 286 g/mol. The highest BCUT2D eigenvalue weighted by Gasteiger charge is 2.24. The molecule has 6 nitrogen and oxygen atoms in total. The van der Waals surface area contributed by atoms with Gasteiger partial charge in [0.2, 0.25) is 0 Å². The predicted octanol–water partition coefficient (Wildman–Crippen LogP) is 0.555. The van der Waals surface area contributed by atoms with Crippen molar-refractivity contribution in [3.05, 3.63) is 12.2 Å². The second kappa shape index (κ2) is 6.00. The Bertz CT molecular complexity index is 512. The molecule has 7 heteroatoms. The maximum Gasteiger partial charge on any atom is 0.147 e. The first-order chi connectivity index (χ1) is 8.98. The highest BCUT2D eigenvalue weighted by atomic mass is 32.2. The van der Waals surface area contributed by atoms with E-state index in [1.54, 1.807) is 6.33 Å². The van der Waals surface area contributed by atoms with Crippen LogP contribution in [-0.4, -0.2) is 53.2 Å². The minimum absolute atomic E-state index is 0.252. The van der Waals surface area contributed by atoms with Gasteiger partial charge in [0, 0.05) is 19.3 Å². The van der Waals surface area contributed by atoms with E-state index in [0.717, 1.165) is 44.8 Å². The van der Waals surface area contributed by atoms with E-state index >= 15 is 0 Å². The van der Waals surface area contributed by atoms with Gasteiger partial charge >= 0.3 is 0 Å². The number of sulfone groups is 1. The van der Waals surface area contributed by atoms with E-state index in [1.165, 1.54) is 6.26 Å². The fourth-order valence-electron chi connectivity index (χ4n) is 2.73. The van der Waals surface area contributed by atoms with Gasteiger partial charge in [-0.25, -0.2) is 18.1 Å². The molecule has 1 aromatic heterocycles. The van der Waals surface area contributed by atoms with Gasteiger partial charge < -0.3 is 0 Å². The van der Waals surface area contributed by atoms with Crippen molar-refractivity contribution >= 4 is 9.84 Å². The van der Waals surface area contributed by atoms with E-state index < -0.39 is 9.84 Å². The van der Waals surface area contributed by atoms with Crippen LogP contribution in [0.1, 0.15) is 25.6 Å². The van der Waals surface area contributed by atoms with Gasteiger partial charge in [0.25, 0.3) is 0 Å². The second-order valence-electron chi connectivity index (χ2n) is 5.33. The SMILES string of the molecule is CCn1ncnc1CN1CCC[C@H](CS(C)(=O)=O)C1. The maximum atomic E-state index is 11.4. The van der Waals surface area contributed by atoms with Crippen LogP contribution in [0.25, 0.3) is 0 Å². The molecule has 0 aliphatic carbocycles. The first-order valence-corrected chi connectivity index (χ1v) is 8.80.